The van der Waals surface area contributed by atoms with Gasteiger partial charge in [0, 0.05) is 34.5 Å². The first-order valence-corrected chi connectivity index (χ1v) is 13.3. The van der Waals surface area contributed by atoms with Crippen LogP contribution in [0.4, 0.5) is 10.1 Å². The normalized spacial score (nSPS) is 16.1. The standard InChI is InChI=1S/C29H29BClFN2O4S/c1-28(2)29(3,4)38-30(37-28)22-14-21-24(15-23(22)34(39)16-17-6-10-19(31)11-7-17)36-26(25(21)27(35)33-5)18-8-12-20(32)13-9-18/h6-15,39H,16H2,1-5H3,(H,33,35). The van der Waals surface area contributed by atoms with Gasteiger partial charge in [0.05, 0.1) is 29.0 Å². The lowest BCUT2D eigenvalue weighted by Gasteiger charge is -2.32. The Bertz CT molecular complexity index is 1520. The third-order valence-corrected chi connectivity index (χ3v) is 8.04. The molecule has 0 bridgehead atoms. The molecule has 1 fully saturated rings. The maximum absolute atomic E-state index is 13.7. The zero-order chi connectivity index (χ0) is 28.1. The summed E-state index contributed by atoms with van der Waals surface area (Å²) in [5.74, 6) is -0.371. The highest BCUT2D eigenvalue weighted by atomic mass is 35.5. The average Bonchev–Trinajstić information content (AvgIpc) is 3.37. The predicted molar refractivity (Wildman–Crippen MR) is 157 cm³/mol. The molecule has 1 saturated heterocycles. The molecule has 39 heavy (non-hydrogen) atoms. The largest absolute Gasteiger partial charge is 0.497 e. The second kappa shape index (κ2) is 10.2. The first kappa shape index (κ1) is 27.6. The minimum Gasteiger partial charge on any atom is -0.455 e. The summed E-state index contributed by atoms with van der Waals surface area (Å²) in [5.41, 5.74) is 2.61. The first-order chi connectivity index (χ1) is 18.4. The summed E-state index contributed by atoms with van der Waals surface area (Å²) < 4.78 is 34.5. The van der Waals surface area contributed by atoms with E-state index in [1.54, 1.807) is 23.5 Å². The maximum Gasteiger partial charge on any atom is 0.497 e. The van der Waals surface area contributed by atoms with Crippen LogP contribution in [0.25, 0.3) is 22.3 Å². The smallest absolute Gasteiger partial charge is 0.455 e. The number of fused-ring (bicyclic) bond motifs is 1. The Morgan fingerprint density at radius 3 is 2.23 bits per heavy atom. The fraction of sp³-hybridized carbons (Fsp3) is 0.276. The highest BCUT2D eigenvalue weighted by Crippen LogP contribution is 2.40. The van der Waals surface area contributed by atoms with Crippen molar-refractivity contribution in [3.05, 3.63) is 82.6 Å². The fourth-order valence-corrected chi connectivity index (χ4v) is 5.00. The van der Waals surface area contributed by atoms with Crippen LogP contribution in [0.1, 0.15) is 43.6 Å². The van der Waals surface area contributed by atoms with E-state index in [0.29, 0.717) is 50.6 Å². The van der Waals surface area contributed by atoms with Gasteiger partial charge in [-0.15, -0.1) is 0 Å². The molecule has 0 aliphatic carbocycles. The molecule has 2 heterocycles. The summed E-state index contributed by atoms with van der Waals surface area (Å²) in [6, 6.07) is 17.0. The van der Waals surface area contributed by atoms with Crippen LogP contribution in [0.3, 0.4) is 0 Å². The van der Waals surface area contributed by atoms with E-state index in [9.17, 15) is 9.18 Å². The van der Waals surface area contributed by atoms with E-state index in [1.165, 1.54) is 12.1 Å². The lowest BCUT2D eigenvalue weighted by molar-refractivity contribution is 0.00578. The summed E-state index contributed by atoms with van der Waals surface area (Å²) >= 11 is 10.9. The van der Waals surface area contributed by atoms with Gasteiger partial charge in [-0.25, -0.2) is 4.39 Å². The predicted octanol–water partition coefficient (Wildman–Crippen LogP) is 6.40. The molecule has 202 valence electrons. The van der Waals surface area contributed by atoms with Crippen molar-refractivity contribution in [3.63, 3.8) is 0 Å². The summed E-state index contributed by atoms with van der Waals surface area (Å²) in [5, 5.41) is 3.93. The van der Waals surface area contributed by atoms with Crippen LogP contribution in [0.5, 0.6) is 0 Å². The van der Waals surface area contributed by atoms with Crippen molar-refractivity contribution in [1.29, 1.82) is 0 Å². The molecule has 0 saturated carbocycles. The van der Waals surface area contributed by atoms with E-state index < -0.39 is 18.3 Å². The van der Waals surface area contributed by atoms with Crippen molar-refractivity contribution < 1.29 is 22.9 Å². The Hall–Kier alpha value is -2.98. The maximum atomic E-state index is 13.7. The highest BCUT2D eigenvalue weighted by molar-refractivity contribution is 7.81. The Balaban J connectivity index is 1.70. The van der Waals surface area contributed by atoms with Crippen molar-refractivity contribution in [2.24, 2.45) is 0 Å². The van der Waals surface area contributed by atoms with Gasteiger partial charge in [0.25, 0.3) is 5.91 Å². The number of carbonyl (C=O) groups excluding carboxylic acids is 1. The molecule has 0 radical (unpaired) electrons. The van der Waals surface area contributed by atoms with E-state index in [1.807, 2.05) is 64.1 Å². The fourth-order valence-electron chi connectivity index (χ4n) is 4.53. The summed E-state index contributed by atoms with van der Waals surface area (Å²) in [6.07, 6.45) is 0. The molecule has 4 aromatic rings. The van der Waals surface area contributed by atoms with Crippen LogP contribution in [0.15, 0.2) is 65.1 Å². The summed E-state index contributed by atoms with van der Waals surface area (Å²) in [4.78, 5) is 13.1. The molecule has 5 rings (SSSR count). The van der Waals surface area contributed by atoms with Crippen LogP contribution in [0, 0.1) is 5.82 Å². The van der Waals surface area contributed by atoms with Gasteiger partial charge in [-0.1, -0.05) is 36.5 Å². The zero-order valence-corrected chi connectivity index (χ0v) is 24.0. The molecule has 0 atom stereocenters. The number of thiol groups is 1. The third kappa shape index (κ3) is 5.16. The monoisotopic (exact) mass is 566 g/mol. The second-order valence-corrected chi connectivity index (χ2v) is 11.5. The Morgan fingerprint density at radius 1 is 1.03 bits per heavy atom. The van der Waals surface area contributed by atoms with Crippen molar-refractivity contribution in [2.45, 2.75) is 45.4 Å². The Kier molecular flexibility index (Phi) is 7.22. The minimum atomic E-state index is -0.726. The summed E-state index contributed by atoms with van der Waals surface area (Å²) in [6.45, 7) is 8.39. The first-order valence-electron chi connectivity index (χ1n) is 12.5. The molecule has 1 aliphatic heterocycles. The lowest BCUT2D eigenvalue weighted by Crippen LogP contribution is -2.41. The van der Waals surface area contributed by atoms with Gasteiger partial charge in [0.15, 0.2) is 0 Å². The molecular formula is C29H29BClFN2O4S. The van der Waals surface area contributed by atoms with E-state index in [4.69, 9.17) is 38.1 Å². The number of benzene rings is 3. The minimum absolute atomic E-state index is 0.329. The SMILES string of the molecule is CNC(=O)c1c(-c2ccc(F)cc2)oc2cc(N(S)Cc3ccc(Cl)cc3)c(B3OC(C)(C)C(C)(C)O3)cc12. The van der Waals surface area contributed by atoms with Crippen molar-refractivity contribution >= 4 is 59.6 Å². The number of nitrogens with zero attached hydrogens (tertiary/aromatic N) is 1. The number of hydrogen-bond donors (Lipinski definition) is 2. The molecule has 1 amide bonds. The average molecular weight is 567 g/mol. The molecule has 3 aromatic carbocycles. The second-order valence-electron chi connectivity index (χ2n) is 10.6. The lowest BCUT2D eigenvalue weighted by atomic mass is 9.76. The number of hydrogen-bond acceptors (Lipinski definition) is 6. The molecule has 0 unspecified atom stereocenters. The number of halogens is 2. The highest BCUT2D eigenvalue weighted by Gasteiger charge is 2.52. The van der Waals surface area contributed by atoms with E-state index in [0.717, 1.165) is 5.56 Å². The van der Waals surface area contributed by atoms with E-state index >= 15 is 0 Å². The molecule has 0 spiro atoms. The van der Waals surface area contributed by atoms with Gasteiger partial charge < -0.3 is 23.3 Å². The summed E-state index contributed by atoms with van der Waals surface area (Å²) in [7, 11) is 0.830. The van der Waals surface area contributed by atoms with Crippen molar-refractivity contribution in [2.75, 3.05) is 11.4 Å². The van der Waals surface area contributed by atoms with Crippen LogP contribution in [0.2, 0.25) is 5.02 Å². The molecule has 1 aromatic heterocycles. The number of amides is 1. The molecular weight excluding hydrogens is 538 g/mol. The zero-order valence-electron chi connectivity index (χ0n) is 22.3. The Morgan fingerprint density at radius 2 is 1.64 bits per heavy atom. The van der Waals surface area contributed by atoms with Gasteiger partial charge in [0.1, 0.15) is 17.2 Å². The van der Waals surface area contributed by atoms with Crippen LogP contribution >= 0.6 is 24.4 Å². The van der Waals surface area contributed by atoms with Gasteiger partial charge in [-0.3, -0.25) is 4.79 Å². The Labute approximate surface area is 238 Å². The quantitative estimate of drug-likeness (QED) is 0.209. The number of carbonyl (C=O) groups is 1. The van der Waals surface area contributed by atoms with Crippen molar-refractivity contribution in [1.82, 2.24) is 5.32 Å². The molecule has 6 nitrogen and oxygen atoms in total. The van der Waals surface area contributed by atoms with Crippen LogP contribution in [-0.4, -0.2) is 31.3 Å². The van der Waals surface area contributed by atoms with Crippen LogP contribution < -0.4 is 15.1 Å². The number of rotatable bonds is 6. The van der Waals surface area contributed by atoms with E-state index in [-0.39, 0.29) is 11.7 Å². The van der Waals surface area contributed by atoms with Gasteiger partial charge >= 0.3 is 7.12 Å². The van der Waals surface area contributed by atoms with Gasteiger partial charge in [0.2, 0.25) is 0 Å². The van der Waals surface area contributed by atoms with Gasteiger partial charge in [-0.2, -0.15) is 0 Å². The number of furan rings is 1. The van der Waals surface area contributed by atoms with Crippen molar-refractivity contribution in [3.8, 4) is 11.3 Å². The molecule has 1 N–H and O–H groups in total. The van der Waals surface area contributed by atoms with E-state index in [2.05, 4.69) is 5.32 Å². The topological polar surface area (TPSA) is 63.9 Å². The third-order valence-electron chi connectivity index (χ3n) is 7.43. The number of nitrogens with one attached hydrogen (secondary N) is 1. The molecule has 1 aliphatic rings. The van der Waals surface area contributed by atoms with Crippen LogP contribution in [-0.2, 0) is 15.9 Å². The molecule has 10 heteroatoms. The van der Waals surface area contributed by atoms with Gasteiger partial charge in [-0.05, 0) is 75.7 Å². The number of anilines is 1.